The lowest BCUT2D eigenvalue weighted by molar-refractivity contribution is -0.113. The van der Waals surface area contributed by atoms with Gasteiger partial charge in [0.1, 0.15) is 0 Å². The number of hydrogen-bond acceptors (Lipinski definition) is 3. The molecule has 0 saturated heterocycles. The minimum atomic E-state index is -0.233. The van der Waals surface area contributed by atoms with Crippen molar-refractivity contribution in [3.63, 3.8) is 0 Å². The highest BCUT2D eigenvalue weighted by molar-refractivity contribution is 7.16. The van der Waals surface area contributed by atoms with Crippen molar-refractivity contribution in [2.45, 2.75) is 6.92 Å². The number of nitrogens with zero attached hydrogens (tertiary/aromatic N) is 2. The molecule has 0 atom stereocenters. The van der Waals surface area contributed by atoms with Crippen LogP contribution < -0.4 is 4.80 Å². The molecule has 0 aliphatic carbocycles. The van der Waals surface area contributed by atoms with Gasteiger partial charge in [-0.3, -0.25) is 4.79 Å². The Morgan fingerprint density at radius 2 is 2.14 bits per heavy atom. The van der Waals surface area contributed by atoms with Crippen LogP contribution in [0.4, 0.5) is 0 Å². The van der Waals surface area contributed by atoms with E-state index in [1.165, 1.54) is 23.0 Å². The maximum absolute atomic E-state index is 12.0. The zero-order valence-corrected chi connectivity index (χ0v) is 13.4. The Bertz CT molecular complexity index is 883. The van der Waals surface area contributed by atoms with Crippen LogP contribution in [0.1, 0.15) is 10.4 Å². The molecule has 0 spiro atoms. The van der Waals surface area contributed by atoms with E-state index in [0.717, 1.165) is 19.9 Å². The monoisotopic (exact) mass is 314 g/mol. The van der Waals surface area contributed by atoms with Crippen molar-refractivity contribution in [2.75, 3.05) is 0 Å². The first kappa shape index (κ1) is 14.0. The molecule has 2 heterocycles. The van der Waals surface area contributed by atoms with E-state index in [4.69, 9.17) is 0 Å². The highest BCUT2D eigenvalue weighted by atomic mass is 32.1. The molecule has 106 valence electrons. The molecule has 0 aliphatic rings. The Hall–Kier alpha value is -1.98. The first-order chi connectivity index (χ1) is 10.1. The van der Waals surface area contributed by atoms with Gasteiger partial charge in [-0.15, -0.1) is 11.3 Å². The van der Waals surface area contributed by atoms with Crippen molar-refractivity contribution < 1.29 is 4.79 Å². The van der Waals surface area contributed by atoms with Crippen LogP contribution in [0.3, 0.4) is 0 Å². The zero-order chi connectivity index (χ0) is 14.8. The molecule has 0 unspecified atom stereocenters. The lowest BCUT2D eigenvalue weighted by Crippen LogP contribution is -2.12. The fourth-order valence-electron chi connectivity index (χ4n) is 2.18. The molecule has 5 heteroatoms. The van der Waals surface area contributed by atoms with Crippen LogP contribution in [0, 0.1) is 6.92 Å². The van der Waals surface area contributed by atoms with E-state index in [9.17, 15) is 4.79 Å². The number of para-hydroxylation sites is 1. The Balaban J connectivity index is 1.98. The quantitative estimate of drug-likeness (QED) is 0.663. The number of amides is 1. The summed E-state index contributed by atoms with van der Waals surface area (Å²) in [6.45, 7) is 2.07. The van der Waals surface area contributed by atoms with Gasteiger partial charge in [0.15, 0.2) is 4.80 Å². The van der Waals surface area contributed by atoms with Gasteiger partial charge in [0, 0.05) is 18.0 Å². The molecule has 2 aromatic heterocycles. The maximum Gasteiger partial charge on any atom is 0.272 e. The van der Waals surface area contributed by atoms with Gasteiger partial charge >= 0.3 is 0 Å². The first-order valence-electron chi connectivity index (χ1n) is 6.50. The smallest absolute Gasteiger partial charge is 0.272 e. The summed E-state index contributed by atoms with van der Waals surface area (Å²) in [4.78, 5) is 17.9. The van der Waals surface area contributed by atoms with Gasteiger partial charge in [-0.2, -0.15) is 4.99 Å². The second kappa shape index (κ2) is 5.79. The summed E-state index contributed by atoms with van der Waals surface area (Å²) in [7, 11) is 1.95. The molecule has 1 aromatic carbocycles. The van der Waals surface area contributed by atoms with E-state index >= 15 is 0 Å². The summed E-state index contributed by atoms with van der Waals surface area (Å²) < 4.78 is 3.12. The molecular formula is C16H14N2OS2. The second-order valence-corrected chi connectivity index (χ2v) is 6.65. The summed E-state index contributed by atoms with van der Waals surface area (Å²) >= 11 is 3.13. The predicted octanol–water partition coefficient (Wildman–Crippen LogP) is 3.75. The first-order valence-corrected chi connectivity index (χ1v) is 8.20. The van der Waals surface area contributed by atoms with Crippen molar-refractivity contribution in [2.24, 2.45) is 12.0 Å². The number of rotatable bonds is 2. The Morgan fingerprint density at radius 3 is 2.86 bits per heavy atom. The van der Waals surface area contributed by atoms with E-state index in [2.05, 4.69) is 24.0 Å². The molecular weight excluding hydrogens is 300 g/mol. The van der Waals surface area contributed by atoms with E-state index in [-0.39, 0.29) is 5.91 Å². The Kier molecular flexibility index (Phi) is 3.86. The number of carbonyl (C=O) groups excluding carboxylic acids is 1. The minimum absolute atomic E-state index is 0.233. The molecule has 0 fully saturated rings. The number of benzene rings is 1. The summed E-state index contributed by atoms with van der Waals surface area (Å²) in [6.07, 6.45) is 3.32. The molecule has 0 bridgehead atoms. The van der Waals surface area contributed by atoms with E-state index in [1.807, 2.05) is 35.2 Å². The summed E-state index contributed by atoms with van der Waals surface area (Å²) in [5.74, 6) is -0.233. The third-order valence-electron chi connectivity index (χ3n) is 3.16. The van der Waals surface area contributed by atoms with Gasteiger partial charge in [0.05, 0.1) is 10.2 Å². The molecule has 0 radical (unpaired) electrons. The lowest BCUT2D eigenvalue weighted by Gasteiger charge is -1.98. The van der Waals surface area contributed by atoms with Crippen molar-refractivity contribution in [1.29, 1.82) is 0 Å². The number of fused-ring (bicyclic) bond motifs is 1. The lowest BCUT2D eigenvalue weighted by atomic mass is 10.2. The predicted molar refractivity (Wildman–Crippen MR) is 89.5 cm³/mol. The van der Waals surface area contributed by atoms with Crippen LogP contribution in [0.2, 0.25) is 0 Å². The molecule has 3 nitrogen and oxygen atoms in total. The number of thiophene rings is 1. The largest absolute Gasteiger partial charge is 0.319 e. The van der Waals surface area contributed by atoms with E-state index in [0.29, 0.717) is 0 Å². The Labute approximate surface area is 130 Å². The van der Waals surface area contributed by atoms with Gasteiger partial charge in [-0.05, 0) is 36.1 Å². The molecule has 3 rings (SSSR count). The number of carbonyl (C=O) groups is 1. The third kappa shape index (κ3) is 2.89. The van der Waals surface area contributed by atoms with Gasteiger partial charge in [0.25, 0.3) is 5.91 Å². The van der Waals surface area contributed by atoms with Crippen molar-refractivity contribution in [3.8, 4) is 0 Å². The van der Waals surface area contributed by atoms with Crippen LogP contribution in [0.25, 0.3) is 16.3 Å². The fourth-order valence-corrected chi connectivity index (χ4v) is 3.90. The summed E-state index contributed by atoms with van der Waals surface area (Å²) in [5, 5.41) is 1.98. The topological polar surface area (TPSA) is 34.4 Å². The van der Waals surface area contributed by atoms with Gasteiger partial charge < -0.3 is 4.57 Å². The number of thiazole rings is 1. The van der Waals surface area contributed by atoms with Crippen LogP contribution in [-0.2, 0) is 11.8 Å². The van der Waals surface area contributed by atoms with Crippen LogP contribution >= 0.6 is 22.7 Å². The van der Waals surface area contributed by atoms with Crippen molar-refractivity contribution in [3.05, 3.63) is 57.0 Å². The normalized spacial score (nSPS) is 12.6. The van der Waals surface area contributed by atoms with Gasteiger partial charge in [0.2, 0.25) is 0 Å². The van der Waals surface area contributed by atoms with Crippen LogP contribution in [0.15, 0.2) is 46.8 Å². The molecule has 0 N–H and O–H groups in total. The number of hydrogen-bond donors (Lipinski definition) is 0. The van der Waals surface area contributed by atoms with Crippen molar-refractivity contribution in [1.82, 2.24) is 4.57 Å². The highest BCUT2D eigenvalue weighted by Gasteiger charge is 2.05. The minimum Gasteiger partial charge on any atom is -0.319 e. The average molecular weight is 314 g/mol. The van der Waals surface area contributed by atoms with Gasteiger partial charge in [-0.25, -0.2) is 0 Å². The molecule has 1 amide bonds. The molecule has 3 aromatic rings. The van der Waals surface area contributed by atoms with E-state index < -0.39 is 0 Å². The summed E-state index contributed by atoms with van der Waals surface area (Å²) in [6, 6.07) is 10.1. The van der Waals surface area contributed by atoms with Crippen LogP contribution in [0.5, 0.6) is 0 Å². The maximum atomic E-state index is 12.0. The van der Waals surface area contributed by atoms with Crippen molar-refractivity contribution >= 4 is 44.9 Å². The molecule has 0 aliphatic heterocycles. The SMILES string of the molecule is Cc1cccc2sc(=NC(=O)/C=C/c3cccs3)n(C)c12. The average Bonchev–Trinajstić information content (AvgIpc) is 3.07. The zero-order valence-electron chi connectivity index (χ0n) is 11.7. The van der Waals surface area contributed by atoms with E-state index in [1.54, 1.807) is 17.4 Å². The second-order valence-electron chi connectivity index (χ2n) is 4.66. The number of aromatic nitrogens is 1. The standard InChI is InChI=1S/C16H14N2OS2/c1-11-5-3-7-13-15(11)18(2)16(21-13)17-14(19)9-8-12-6-4-10-20-12/h3-10H,1-2H3/b9-8+,17-16?. The Morgan fingerprint density at radius 1 is 1.29 bits per heavy atom. The number of aryl methyl sites for hydroxylation is 2. The van der Waals surface area contributed by atoms with Crippen LogP contribution in [-0.4, -0.2) is 10.5 Å². The third-order valence-corrected chi connectivity index (χ3v) is 5.10. The summed E-state index contributed by atoms with van der Waals surface area (Å²) in [5.41, 5.74) is 2.32. The molecule has 21 heavy (non-hydrogen) atoms. The fraction of sp³-hybridized carbons (Fsp3) is 0.125. The van der Waals surface area contributed by atoms with Gasteiger partial charge in [-0.1, -0.05) is 29.5 Å². The highest BCUT2D eigenvalue weighted by Crippen LogP contribution is 2.19. The molecule has 0 saturated carbocycles.